The Kier molecular flexibility index (Phi) is 15.3. The quantitative estimate of drug-likeness (QED) is 0.313. The molecule has 1 aliphatic heterocycles. The number of hydrogen-bond acceptors (Lipinski definition) is 10. The molecule has 0 amide bonds. The van der Waals surface area contributed by atoms with Crippen molar-refractivity contribution in [2.24, 2.45) is 10.8 Å². The number of rotatable bonds is 10. The Hall–Kier alpha value is -1.30. The van der Waals surface area contributed by atoms with Crippen molar-refractivity contribution in [1.29, 1.82) is 0 Å². The van der Waals surface area contributed by atoms with Gasteiger partial charge in [-0.2, -0.15) is 0 Å². The topological polar surface area (TPSA) is 106 Å². The Balaban J connectivity index is 2.67. The Labute approximate surface area is 231 Å². The third-order valence-electron chi connectivity index (χ3n) is 7.81. The third-order valence-corrected chi connectivity index (χ3v) is 7.81. The molecule has 0 aromatic rings. The van der Waals surface area contributed by atoms with E-state index in [0.29, 0.717) is 25.9 Å². The van der Waals surface area contributed by atoms with Gasteiger partial charge in [-0.15, -0.1) is 0 Å². The van der Waals surface area contributed by atoms with Gasteiger partial charge in [0.25, 0.3) is 0 Å². The Morgan fingerprint density at radius 1 is 0.658 bits per heavy atom. The summed E-state index contributed by atoms with van der Waals surface area (Å²) in [6, 6.07) is 0. The zero-order valence-electron chi connectivity index (χ0n) is 25.4. The second kappa shape index (κ2) is 16.7. The fourth-order valence-corrected chi connectivity index (χ4v) is 3.94. The first-order valence-electron chi connectivity index (χ1n) is 14.3. The van der Waals surface area contributed by atoms with E-state index in [4.69, 9.17) is 9.47 Å². The second-order valence-corrected chi connectivity index (χ2v) is 12.1. The first kappa shape index (κ1) is 34.7. The van der Waals surface area contributed by atoms with Gasteiger partial charge < -0.3 is 29.5 Å². The molecule has 224 valence electrons. The number of likely N-dealkylation sites (N-methyl/N-ethyl adjacent to an activating group) is 2. The van der Waals surface area contributed by atoms with E-state index in [1.807, 2.05) is 41.5 Å². The highest BCUT2D eigenvalue weighted by molar-refractivity contribution is 5.76. The molecule has 0 aliphatic carbocycles. The minimum atomic E-state index is -1.15. The zero-order chi connectivity index (χ0) is 28.9. The number of hydrogen-bond donors (Lipinski definition) is 2. The lowest BCUT2D eigenvalue weighted by molar-refractivity contribution is -0.182. The average Bonchev–Trinajstić information content (AvgIpc) is 2.84. The molecule has 10 heteroatoms. The van der Waals surface area contributed by atoms with Gasteiger partial charge in [0, 0.05) is 26.2 Å². The maximum absolute atomic E-state index is 12.4. The Morgan fingerprint density at radius 3 is 1.32 bits per heavy atom. The minimum Gasteiger partial charge on any atom is -0.434 e. The molecule has 1 aliphatic rings. The van der Waals surface area contributed by atoms with E-state index in [1.165, 1.54) is 0 Å². The van der Waals surface area contributed by atoms with Gasteiger partial charge in [0.05, 0.1) is 23.9 Å². The smallest absolute Gasteiger partial charge is 0.313 e. The molecule has 0 aromatic heterocycles. The molecule has 0 bridgehead atoms. The predicted molar refractivity (Wildman–Crippen MR) is 149 cm³/mol. The van der Waals surface area contributed by atoms with Crippen LogP contribution in [0.25, 0.3) is 0 Å². The summed E-state index contributed by atoms with van der Waals surface area (Å²) < 4.78 is 10.7. The number of esters is 2. The fraction of sp³-hybridized carbons (Fsp3) is 0.929. The van der Waals surface area contributed by atoms with Crippen molar-refractivity contribution in [3.63, 3.8) is 0 Å². The van der Waals surface area contributed by atoms with Crippen LogP contribution < -0.4 is 0 Å². The normalized spacial score (nSPS) is 20.9. The molecule has 1 saturated heterocycles. The number of ether oxygens (including phenoxy) is 2. The van der Waals surface area contributed by atoms with Crippen molar-refractivity contribution >= 4 is 11.9 Å². The van der Waals surface area contributed by atoms with Crippen molar-refractivity contribution in [3.8, 4) is 0 Å². The predicted octanol–water partition coefficient (Wildman–Crippen LogP) is 1.84. The van der Waals surface area contributed by atoms with E-state index in [1.54, 1.807) is 0 Å². The van der Waals surface area contributed by atoms with Crippen molar-refractivity contribution < 1.29 is 29.3 Å². The first-order chi connectivity index (χ1) is 17.7. The summed E-state index contributed by atoms with van der Waals surface area (Å²) in [5.74, 6) is -0.741. The molecule has 1 rings (SSSR count). The van der Waals surface area contributed by atoms with Crippen LogP contribution in [0.15, 0.2) is 0 Å². The van der Waals surface area contributed by atoms with Gasteiger partial charge in [-0.1, -0.05) is 13.8 Å². The number of aliphatic hydroxyl groups excluding tert-OH is 2. The molecule has 0 aromatic carbocycles. The van der Waals surface area contributed by atoms with Gasteiger partial charge in [-0.25, -0.2) is 0 Å². The van der Waals surface area contributed by atoms with Gasteiger partial charge >= 0.3 is 11.9 Å². The summed E-state index contributed by atoms with van der Waals surface area (Å²) in [5, 5.41) is 20.9. The first-order valence-corrected chi connectivity index (χ1v) is 14.3. The summed E-state index contributed by atoms with van der Waals surface area (Å²) in [6.07, 6.45) is 0.830. The lowest BCUT2D eigenvalue weighted by atomic mass is 9.91. The summed E-state index contributed by atoms with van der Waals surface area (Å²) in [4.78, 5) is 33.6. The van der Waals surface area contributed by atoms with Crippen LogP contribution in [0.3, 0.4) is 0 Å². The highest BCUT2D eigenvalue weighted by atomic mass is 16.6. The van der Waals surface area contributed by atoms with E-state index < -0.39 is 23.4 Å². The Morgan fingerprint density at radius 2 is 1.00 bits per heavy atom. The largest absolute Gasteiger partial charge is 0.434 e. The fourth-order valence-electron chi connectivity index (χ4n) is 3.94. The van der Waals surface area contributed by atoms with Crippen LogP contribution in [0, 0.1) is 10.8 Å². The van der Waals surface area contributed by atoms with Gasteiger partial charge in [-0.05, 0) is 93.7 Å². The summed E-state index contributed by atoms with van der Waals surface area (Å²) in [6.45, 7) is 18.3. The van der Waals surface area contributed by atoms with Crippen LogP contribution in [0.5, 0.6) is 0 Å². The molecule has 0 spiro atoms. The van der Waals surface area contributed by atoms with Crippen molar-refractivity contribution in [1.82, 2.24) is 19.6 Å². The van der Waals surface area contributed by atoms with Crippen molar-refractivity contribution in [2.45, 2.75) is 79.8 Å². The molecule has 38 heavy (non-hydrogen) atoms. The molecular formula is C28H56N4O6. The van der Waals surface area contributed by atoms with E-state index in [9.17, 15) is 19.8 Å². The summed E-state index contributed by atoms with van der Waals surface area (Å²) in [5.41, 5.74) is -1.22. The number of carbonyl (C=O) groups excluding carboxylic acids is 2. The highest BCUT2D eigenvalue weighted by Gasteiger charge is 2.30. The molecule has 2 atom stereocenters. The molecule has 0 saturated carbocycles. The third kappa shape index (κ3) is 13.2. The van der Waals surface area contributed by atoms with Crippen LogP contribution in [0.2, 0.25) is 0 Å². The monoisotopic (exact) mass is 544 g/mol. The molecule has 2 unspecified atom stereocenters. The lowest BCUT2D eigenvalue weighted by Gasteiger charge is -2.31. The van der Waals surface area contributed by atoms with Crippen LogP contribution in [0.4, 0.5) is 0 Å². The van der Waals surface area contributed by atoms with Crippen molar-refractivity contribution in [3.05, 3.63) is 0 Å². The van der Waals surface area contributed by atoms with Gasteiger partial charge in [0.15, 0.2) is 0 Å². The molecule has 1 fully saturated rings. The molecule has 1 heterocycles. The average molecular weight is 545 g/mol. The van der Waals surface area contributed by atoms with Gasteiger partial charge in [-0.3, -0.25) is 19.4 Å². The van der Waals surface area contributed by atoms with Gasteiger partial charge in [0.1, 0.15) is 0 Å². The number of nitrogens with zero attached hydrogens (tertiary/aromatic N) is 4. The zero-order valence-corrected chi connectivity index (χ0v) is 25.4. The lowest BCUT2D eigenvalue weighted by Crippen LogP contribution is -2.44. The number of carbonyl (C=O) groups is 2. The highest BCUT2D eigenvalue weighted by Crippen LogP contribution is 2.23. The molecule has 10 nitrogen and oxygen atoms in total. The molecule has 0 radical (unpaired) electrons. The van der Waals surface area contributed by atoms with Gasteiger partial charge in [0.2, 0.25) is 12.6 Å². The minimum absolute atomic E-state index is 0.294. The van der Waals surface area contributed by atoms with E-state index >= 15 is 0 Å². The number of β-amino-alcohol motifs (C(OH)–C–C–N with tert-alkyl or cyclic N) is 2. The van der Waals surface area contributed by atoms with Crippen LogP contribution >= 0.6 is 0 Å². The molecule has 2 N–H and O–H groups in total. The van der Waals surface area contributed by atoms with Crippen LogP contribution in [0.1, 0.15) is 67.2 Å². The molecular weight excluding hydrogens is 488 g/mol. The van der Waals surface area contributed by atoms with Crippen molar-refractivity contribution in [2.75, 3.05) is 79.5 Å². The van der Waals surface area contributed by atoms with Crippen LogP contribution in [-0.4, -0.2) is 134 Å². The van der Waals surface area contributed by atoms with E-state index in [-0.39, 0.29) is 11.9 Å². The SMILES string of the molecule is CCC(C)(C)C(=O)OC(O)CN1CCCN(C)CCN(CC(O)OC(=O)C(C)(C)CC)CCCN(C)CC1. The standard InChI is InChI=1S/C28H56N4O6/c1-9-27(3,4)25(35)37-23(33)21-31-15-11-13-30(8)18-20-32(16-12-14-29(7)17-19-31)22-24(34)38-26(36)28(5,6)10-2/h23-24,33-34H,9-22H2,1-8H3. The summed E-state index contributed by atoms with van der Waals surface area (Å²) >= 11 is 0. The Bertz CT molecular complexity index is 647. The maximum Gasteiger partial charge on any atom is 0.313 e. The maximum atomic E-state index is 12.4. The van der Waals surface area contributed by atoms with E-state index in [0.717, 1.165) is 65.2 Å². The number of aliphatic hydroxyl groups is 2. The van der Waals surface area contributed by atoms with E-state index in [2.05, 4.69) is 33.7 Å². The second-order valence-electron chi connectivity index (χ2n) is 12.1. The summed E-state index contributed by atoms with van der Waals surface area (Å²) in [7, 11) is 4.15. The van der Waals surface area contributed by atoms with Crippen LogP contribution in [-0.2, 0) is 19.1 Å².